The monoisotopic (exact) mass is 464 g/mol. The standard InChI is InChI=1S/C16H21BrN2O5S2/c1-25-9-8-14(16(21)24-10-15(20)18-12-4-5-12)19-26(22,23)13-6-2-11(17)3-7-13/h2-3,6-7,12,14,19H,4-5,8-10H2,1H3,(H,18,20). The average molecular weight is 465 g/mol. The first-order valence-corrected chi connectivity index (χ1v) is 11.7. The molecule has 2 rings (SSSR count). The van der Waals surface area contributed by atoms with Crippen molar-refractivity contribution in [3.8, 4) is 0 Å². The van der Waals surface area contributed by atoms with Crippen LogP contribution in [0.25, 0.3) is 0 Å². The first kappa shape index (κ1) is 21.2. The van der Waals surface area contributed by atoms with Gasteiger partial charge in [-0.3, -0.25) is 9.59 Å². The lowest BCUT2D eigenvalue weighted by Crippen LogP contribution is -2.43. The largest absolute Gasteiger partial charge is 0.454 e. The van der Waals surface area contributed by atoms with Gasteiger partial charge in [0.1, 0.15) is 6.04 Å². The third-order valence-electron chi connectivity index (χ3n) is 3.60. The molecule has 0 radical (unpaired) electrons. The van der Waals surface area contributed by atoms with E-state index < -0.39 is 28.6 Å². The summed E-state index contributed by atoms with van der Waals surface area (Å²) >= 11 is 4.73. The number of rotatable bonds is 10. The van der Waals surface area contributed by atoms with E-state index in [1.807, 2.05) is 6.26 Å². The van der Waals surface area contributed by atoms with Crippen molar-refractivity contribution in [3.63, 3.8) is 0 Å². The van der Waals surface area contributed by atoms with Gasteiger partial charge in [-0.1, -0.05) is 15.9 Å². The molecule has 1 aliphatic carbocycles. The fourth-order valence-electron chi connectivity index (χ4n) is 2.06. The molecule has 1 atom stereocenters. The maximum atomic E-state index is 12.5. The highest BCUT2D eigenvalue weighted by atomic mass is 79.9. The van der Waals surface area contributed by atoms with Crippen LogP contribution < -0.4 is 10.0 Å². The summed E-state index contributed by atoms with van der Waals surface area (Å²) in [5.41, 5.74) is 0. The van der Waals surface area contributed by atoms with Gasteiger partial charge in [0, 0.05) is 10.5 Å². The number of halogens is 1. The van der Waals surface area contributed by atoms with Crippen molar-refractivity contribution in [2.75, 3.05) is 18.6 Å². The molecule has 1 aromatic carbocycles. The Morgan fingerprint density at radius 3 is 2.54 bits per heavy atom. The molecule has 10 heteroatoms. The van der Waals surface area contributed by atoms with Crippen molar-refractivity contribution in [2.24, 2.45) is 0 Å². The molecule has 0 aromatic heterocycles. The highest BCUT2D eigenvalue weighted by molar-refractivity contribution is 9.10. The molecule has 0 heterocycles. The van der Waals surface area contributed by atoms with E-state index in [1.165, 1.54) is 23.9 Å². The normalized spacial score (nSPS) is 15.3. The van der Waals surface area contributed by atoms with Gasteiger partial charge in [-0.05, 0) is 55.5 Å². The van der Waals surface area contributed by atoms with Gasteiger partial charge in [0.2, 0.25) is 10.0 Å². The quantitative estimate of drug-likeness (QED) is 0.510. The van der Waals surface area contributed by atoms with Crippen molar-refractivity contribution in [1.82, 2.24) is 10.0 Å². The molecule has 26 heavy (non-hydrogen) atoms. The summed E-state index contributed by atoms with van der Waals surface area (Å²) in [7, 11) is -3.88. The summed E-state index contributed by atoms with van der Waals surface area (Å²) in [5.74, 6) is -0.567. The van der Waals surface area contributed by atoms with Crippen LogP contribution in [-0.4, -0.2) is 51.0 Å². The molecule has 0 bridgehead atoms. The van der Waals surface area contributed by atoms with E-state index in [4.69, 9.17) is 4.74 Å². The zero-order valence-corrected chi connectivity index (χ0v) is 17.5. The molecule has 1 aromatic rings. The Kier molecular flexibility index (Phi) is 7.93. The lowest BCUT2D eigenvalue weighted by Gasteiger charge is -2.17. The summed E-state index contributed by atoms with van der Waals surface area (Å²) in [6.45, 7) is -0.412. The summed E-state index contributed by atoms with van der Waals surface area (Å²) in [4.78, 5) is 24.0. The number of ether oxygens (including phenoxy) is 1. The molecule has 0 spiro atoms. The first-order chi connectivity index (χ1) is 12.3. The van der Waals surface area contributed by atoms with Gasteiger partial charge in [0.15, 0.2) is 6.61 Å². The number of benzene rings is 1. The van der Waals surface area contributed by atoms with E-state index in [-0.39, 0.29) is 23.3 Å². The van der Waals surface area contributed by atoms with Crippen LogP contribution in [0, 0.1) is 0 Å². The maximum Gasteiger partial charge on any atom is 0.324 e. The van der Waals surface area contributed by atoms with Crippen molar-refractivity contribution in [3.05, 3.63) is 28.7 Å². The topological polar surface area (TPSA) is 102 Å². The van der Waals surface area contributed by atoms with Crippen molar-refractivity contribution >= 4 is 49.6 Å². The zero-order valence-electron chi connectivity index (χ0n) is 14.2. The highest BCUT2D eigenvalue weighted by Crippen LogP contribution is 2.18. The number of carbonyl (C=O) groups is 2. The van der Waals surface area contributed by atoms with Gasteiger partial charge in [-0.2, -0.15) is 16.5 Å². The number of hydrogen-bond donors (Lipinski definition) is 2. The second-order valence-corrected chi connectivity index (χ2v) is 9.47. The van der Waals surface area contributed by atoms with Crippen LogP contribution in [-0.2, 0) is 24.3 Å². The number of nitrogens with one attached hydrogen (secondary N) is 2. The van der Waals surface area contributed by atoms with Crippen LogP contribution in [0.2, 0.25) is 0 Å². The number of carbonyl (C=O) groups excluding carboxylic acids is 2. The van der Waals surface area contributed by atoms with E-state index in [2.05, 4.69) is 26.0 Å². The molecular weight excluding hydrogens is 444 g/mol. The molecular formula is C16H21BrN2O5S2. The number of hydrogen-bond acceptors (Lipinski definition) is 6. The Balaban J connectivity index is 1.98. The minimum atomic E-state index is -3.88. The summed E-state index contributed by atoms with van der Waals surface area (Å²) < 4.78 is 33.1. The molecule has 1 unspecified atom stereocenters. The van der Waals surface area contributed by atoms with Crippen LogP contribution in [0.1, 0.15) is 19.3 Å². The minimum Gasteiger partial charge on any atom is -0.454 e. The van der Waals surface area contributed by atoms with Gasteiger partial charge in [-0.15, -0.1) is 0 Å². The first-order valence-electron chi connectivity index (χ1n) is 8.04. The Bertz CT molecular complexity index is 736. The van der Waals surface area contributed by atoms with E-state index in [0.29, 0.717) is 5.75 Å². The van der Waals surface area contributed by atoms with Gasteiger partial charge in [-0.25, -0.2) is 8.42 Å². The van der Waals surface area contributed by atoms with Crippen LogP contribution in [0.15, 0.2) is 33.6 Å². The molecule has 1 saturated carbocycles. The number of amides is 1. The number of esters is 1. The molecule has 144 valence electrons. The van der Waals surface area contributed by atoms with Crippen molar-refractivity contribution in [2.45, 2.75) is 36.2 Å². The lowest BCUT2D eigenvalue weighted by molar-refractivity contribution is -0.150. The van der Waals surface area contributed by atoms with E-state index in [0.717, 1.165) is 17.3 Å². The predicted molar refractivity (Wildman–Crippen MR) is 103 cm³/mol. The minimum absolute atomic E-state index is 0.0501. The van der Waals surface area contributed by atoms with E-state index in [9.17, 15) is 18.0 Å². The molecule has 0 aliphatic heterocycles. The number of sulfonamides is 1. The Morgan fingerprint density at radius 2 is 1.96 bits per heavy atom. The SMILES string of the molecule is CSCCC(NS(=O)(=O)c1ccc(Br)cc1)C(=O)OCC(=O)NC1CC1. The summed E-state index contributed by atoms with van der Waals surface area (Å²) in [6, 6.07) is 5.20. The summed E-state index contributed by atoms with van der Waals surface area (Å²) in [5, 5.41) is 2.71. The Hall–Kier alpha value is -1.10. The molecule has 1 fully saturated rings. The molecule has 1 aliphatic rings. The van der Waals surface area contributed by atoms with Gasteiger partial charge in [0.05, 0.1) is 4.90 Å². The predicted octanol–water partition coefficient (Wildman–Crippen LogP) is 1.67. The molecule has 2 N–H and O–H groups in total. The fraction of sp³-hybridized carbons (Fsp3) is 0.500. The van der Waals surface area contributed by atoms with E-state index in [1.54, 1.807) is 12.1 Å². The lowest BCUT2D eigenvalue weighted by atomic mass is 10.2. The molecule has 1 amide bonds. The van der Waals surface area contributed by atoms with Crippen LogP contribution in [0.5, 0.6) is 0 Å². The van der Waals surface area contributed by atoms with Crippen LogP contribution in [0.3, 0.4) is 0 Å². The highest BCUT2D eigenvalue weighted by Gasteiger charge is 2.28. The third-order valence-corrected chi connectivity index (χ3v) is 6.26. The van der Waals surface area contributed by atoms with Crippen LogP contribution in [0.4, 0.5) is 0 Å². The smallest absolute Gasteiger partial charge is 0.324 e. The van der Waals surface area contributed by atoms with Crippen molar-refractivity contribution in [1.29, 1.82) is 0 Å². The summed E-state index contributed by atoms with van der Waals surface area (Å²) in [6.07, 6.45) is 3.99. The average Bonchev–Trinajstić information content (AvgIpc) is 3.40. The van der Waals surface area contributed by atoms with Crippen LogP contribution >= 0.6 is 27.7 Å². The van der Waals surface area contributed by atoms with Crippen molar-refractivity contribution < 1.29 is 22.7 Å². The number of thioether (sulfide) groups is 1. The van der Waals surface area contributed by atoms with E-state index >= 15 is 0 Å². The second kappa shape index (κ2) is 9.72. The fourth-order valence-corrected chi connectivity index (χ4v) is 4.02. The molecule has 7 nitrogen and oxygen atoms in total. The maximum absolute atomic E-state index is 12.5. The zero-order chi connectivity index (χ0) is 19.2. The second-order valence-electron chi connectivity index (χ2n) is 5.86. The van der Waals surface area contributed by atoms with Gasteiger partial charge in [0.25, 0.3) is 5.91 Å². The molecule has 0 saturated heterocycles. The Morgan fingerprint density at radius 1 is 1.31 bits per heavy atom. The van der Waals surface area contributed by atoms with Gasteiger partial charge < -0.3 is 10.1 Å². The van der Waals surface area contributed by atoms with Gasteiger partial charge >= 0.3 is 5.97 Å². The third kappa shape index (κ3) is 6.90. The Labute approximate surface area is 165 Å².